The van der Waals surface area contributed by atoms with Crippen LogP contribution in [0.25, 0.3) is 172 Å². The van der Waals surface area contributed by atoms with E-state index in [0.29, 0.717) is 0 Å². The third kappa shape index (κ3) is 2.36. The van der Waals surface area contributed by atoms with Gasteiger partial charge in [-0.05, 0) is 197 Å². The highest BCUT2D eigenvalue weighted by atomic mass is 14.4. The van der Waals surface area contributed by atoms with Crippen LogP contribution in [0.4, 0.5) is 0 Å². The molecule has 0 heterocycles. The number of fused-ring (bicyclic) bond motifs is 10. The molecule has 0 heteroatoms. The molecule has 0 bridgehead atoms. The third-order valence-electron chi connectivity index (χ3n) is 15.2. The molecule has 0 atom stereocenters. The van der Waals surface area contributed by atoms with E-state index in [4.69, 9.17) is 0 Å². The van der Waals surface area contributed by atoms with Crippen LogP contribution in [0.3, 0.4) is 0 Å². The zero-order chi connectivity index (χ0) is 35.8. The second-order valence-electron chi connectivity index (χ2n) is 17.4. The molecular formula is C56H26. The Labute approximate surface area is 317 Å². The lowest BCUT2D eigenvalue weighted by Crippen LogP contribution is -2.02. The average molecular weight is 699 g/mol. The molecule has 0 unspecified atom stereocenters. The summed E-state index contributed by atoms with van der Waals surface area (Å²) in [6.45, 7) is 4.72. The van der Waals surface area contributed by atoms with Crippen molar-refractivity contribution in [2.45, 2.75) is 13.8 Å². The molecule has 0 amide bonds. The van der Waals surface area contributed by atoms with E-state index in [1.807, 2.05) is 0 Å². The van der Waals surface area contributed by atoms with Gasteiger partial charge in [0, 0.05) is 0 Å². The van der Waals surface area contributed by atoms with Gasteiger partial charge >= 0.3 is 0 Å². The SMILES string of the molecule is Cc1cc2c3cccc4c5ccc6c7ccccc7c7c(C)cc8c9cccc%10c%11ccc%12c%13ccccc%13c1c1c%12c%11c%11c(c%109)c9c8c7c6c5c9c(c43)c%11c21. The maximum Gasteiger partial charge on any atom is -0.0000242 e. The Morgan fingerprint density at radius 2 is 0.411 bits per heavy atom. The van der Waals surface area contributed by atoms with E-state index in [-0.39, 0.29) is 0 Å². The molecule has 0 saturated carbocycles. The van der Waals surface area contributed by atoms with E-state index in [1.165, 1.54) is 183 Å². The smallest absolute Gasteiger partial charge is 0.0000242 e. The lowest BCUT2D eigenvalue weighted by atomic mass is 9.71. The number of hydrogen-bond donors (Lipinski definition) is 0. The predicted molar refractivity (Wildman–Crippen MR) is 245 cm³/mol. The standard InChI is InChI=1S/C56H26/c1-23-21-37-31-15-7-13-29-36-20-18-34-26-10-4-6-12-28(26)40-24(2)22-38-32-16-8-14-30-35-19-17-33-25-9-3-5-11-27(25)39(23)49-43(33)45(35)53-52(42(30)32)56-48(38)50(40)44(34)46(36)54(56)51(41(29)31)55(53)47(37)49/h3-22H,1-2H3. The third-order valence-corrected chi connectivity index (χ3v) is 15.2. The van der Waals surface area contributed by atoms with Crippen molar-refractivity contribution in [2.75, 3.05) is 0 Å². The summed E-state index contributed by atoms with van der Waals surface area (Å²) in [5.41, 5.74) is 2.73. The summed E-state index contributed by atoms with van der Waals surface area (Å²) in [7, 11) is 0. The van der Waals surface area contributed by atoms with Crippen LogP contribution in [0.1, 0.15) is 11.1 Å². The van der Waals surface area contributed by atoms with Crippen molar-refractivity contribution in [3.05, 3.63) is 132 Å². The lowest BCUT2D eigenvalue weighted by molar-refractivity contribution is 1.58. The van der Waals surface area contributed by atoms with Crippen molar-refractivity contribution >= 4 is 172 Å². The van der Waals surface area contributed by atoms with E-state index < -0.39 is 0 Å². The van der Waals surface area contributed by atoms with E-state index in [1.54, 1.807) is 0 Å². The van der Waals surface area contributed by atoms with Crippen LogP contribution in [-0.4, -0.2) is 0 Å². The topological polar surface area (TPSA) is 0 Å². The fourth-order valence-corrected chi connectivity index (χ4v) is 13.6. The normalized spacial score (nSPS) is 13.9. The Balaban J connectivity index is 1.40. The highest BCUT2D eigenvalue weighted by Crippen LogP contribution is 2.63. The van der Waals surface area contributed by atoms with Crippen LogP contribution in [0.5, 0.6) is 0 Å². The molecule has 0 aliphatic heterocycles. The van der Waals surface area contributed by atoms with Gasteiger partial charge in [0.15, 0.2) is 0 Å². The van der Waals surface area contributed by atoms with Gasteiger partial charge in [-0.2, -0.15) is 0 Å². The molecule has 17 aromatic rings. The van der Waals surface area contributed by atoms with Crippen molar-refractivity contribution in [3.8, 4) is 0 Å². The summed E-state index contributed by atoms with van der Waals surface area (Å²) in [5.74, 6) is 0. The van der Waals surface area contributed by atoms with Gasteiger partial charge in [0.1, 0.15) is 0 Å². The predicted octanol–water partition coefficient (Wildman–Crippen LogP) is 16.3. The molecule has 56 heavy (non-hydrogen) atoms. The van der Waals surface area contributed by atoms with Crippen LogP contribution in [0.2, 0.25) is 0 Å². The Hall–Kier alpha value is -7.02. The van der Waals surface area contributed by atoms with Crippen LogP contribution < -0.4 is 0 Å². The second kappa shape index (κ2) is 8.01. The van der Waals surface area contributed by atoms with Crippen molar-refractivity contribution < 1.29 is 0 Å². The van der Waals surface area contributed by atoms with Gasteiger partial charge in [-0.3, -0.25) is 0 Å². The van der Waals surface area contributed by atoms with Gasteiger partial charge < -0.3 is 0 Å². The van der Waals surface area contributed by atoms with Crippen molar-refractivity contribution in [1.29, 1.82) is 0 Å². The number of aryl methyl sites for hydroxylation is 2. The molecule has 0 nitrogen and oxygen atoms in total. The highest BCUT2D eigenvalue weighted by molar-refractivity contribution is 6.64. The average Bonchev–Trinajstić information content (AvgIpc) is 3.24. The first-order valence-electron chi connectivity index (χ1n) is 20.1. The van der Waals surface area contributed by atoms with Gasteiger partial charge in [-0.1, -0.05) is 121 Å². The molecule has 0 aromatic heterocycles. The van der Waals surface area contributed by atoms with Crippen molar-refractivity contribution in [3.63, 3.8) is 0 Å². The van der Waals surface area contributed by atoms with Gasteiger partial charge in [-0.15, -0.1) is 0 Å². The van der Waals surface area contributed by atoms with Gasteiger partial charge in [0.2, 0.25) is 0 Å². The number of benzene rings is 17. The Morgan fingerprint density at radius 1 is 0.179 bits per heavy atom. The molecule has 0 aliphatic carbocycles. The lowest BCUT2D eigenvalue weighted by Gasteiger charge is -2.31. The molecule has 0 fully saturated rings. The fraction of sp³-hybridized carbons (Fsp3) is 0.0357. The minimum Gasteiger partial charge on any atom is -0.0616 e. The van der Waals surface area contributed by atoms with Gasteiger partial charge in [0.05, 0.1) is 0 Å². The molecule has 0 N–H and O–H groups in total. The molecular weight excluding hydrogens is 673 g/mol. The van der Waals surface area contributed by atoms with Crippen LogP contribution in [-0.2, 0) is 0 Å². The largest absolute Gasteiger partial charge is 0.0616 e. The fourth-order valence-electron chi connectivity index (χ4n) is 13.6. The summed E-state index contributed by atoms with van der Waals surface area (Å²) in [5, 5.41) is 45.5. The first kappa shape index (κ1) is 26.7. The minimum atomic E-state index is 1.36. The van der Waals surface area contributed by atoms with E-state index in [9.17, 15) is 0 Å². The number of rotatable bonds is 0. The monoisotopic (exact) mass is 698 g/mol. The van der Waals surface area contributed by atoms with E-state index >= 15 is 0 Å². The molecule has 0 radical (unpaired) electrons. The van der Waals surface area contributed by atoms with E-state index in [0.717, 1.165) is 0 Å². The van der Waals surface area contributed by atoms with Crippen LogP contribution >= 0.6 is 0 Å². The van der Waals surface area contributed by atoms with Crippen LogP contribution in [0, 0.1) is 13.8 Å². The Kier molecular flexibility index (Phi) is 3.82. The Morgan fingerprint density at radius 3 is 0.804 bits per heavy atom. The Bertz CT molecular complexity index is 4320. The van der Waals surface area contributed by atoms with Crippen LogP contribution in [0.15, 0.2) is 121 Å². The molecule has 17 aromatic carbocycles. The molecule has 250 valence electrons. The van der Waals surface area contributed by atoms with E-state index in [2.05, 4.69) is 135 Å². The van der Waals surface area contributed by atoms with Crippen molar-refractivity contribution in [2.24, 2.45) is 0 Å². The minimum absolute atomic E-state index is 1.36. The zero-order valence-corrected chi connectivity index (χ0v) is 30.5. The van der Waals surface area contributed by atoms with Crippen molar-refractivity contribution in [1.82, 2.24) is 0 Å². The maximum atomic E-state index is 2.55. The highest BCUT2D eigenvalue weighted by Gasteiger charge is 2.34. The molecule has 0 spiro atoms. The summed E-state index contributed by atoms with van der Waals surface area (Å²) >= 11 is 0. The molecule has 17 rings (SSSR count). The second-order valence-corrected chi connectivity index (χ2v) is 17.4. The number of hydrogen-bond acceptors (Lipinski definition) is 0. The van der Waals surface area contributed by atoms with Gasteiger partial charge in [0.25, 0.3) is 0 Å². The first-order chi connectivity index (χ1) is 27.7. The quantitative estimate of drug-likeness (QED) is 0.109. The molecule has 0 aliphatic rings. The summed E-state index contributed by atoms with van der Waals surface area (Å²) in [6, 6.07) is 47.7. The maximum absolute atomic E-state index is 2.55. The summed E-state index contributed by atoms with van der Waals surface area (Å²) in [6.07, 6.45) is 0. The summed E-state index contributed by atoms with van der Waals surface area (Å²) in [4.78, 5) is 0. The van der Waals surface area contributed by atoms with Gasteiger partial charge in [-0.25, -0.2) is 0 Å². The molecule has 0 saturated heterocycles. The zero-order valence-electron chi connectivity index (χ0n) is 30.5. The first-order valence-corrected chi connectivity index (χ1v) is 20.1. The summed E-state index contributed by atoms with van der Waals surface area (Å²) < 4.78 is 0.